The Morgan fingerprint density at radius 3 is 2.19 bits per heavy atom. The number of nitrogens with zero attached hydrogens (tertiary/aromatic N) is 3. The summed E-state index contributed by atoms with van der Waals surface area (Å²) in [5.74, 6) is -2.70. The number of halogens is 7. The zero-order valence-corrected chi connectivity index (χ0v) is 18.4. The van der Waals surface area contributed by atoms with Crippen LogP contribution in [0.15, 0.2) is 42.6 Å². The van der Waals surface area contributed by atoms with E-state index in [1.165, 1.54) is 12.1 Å². The molecule has 0 radical (unpaired) electrons. The number of alkyl halides is 6. The Balaban J connectivity index is 1.83. The first kappa shape index (κ1) is 25.1. The van der Waals surface area contributed by atoms with Crippen LogP contribution in [-0.2, 0) is 23.7 Å². The summed E-state index contributed by atoms with van der Waals surface area (Å²) in [5, 5.41) is 5.49. The molecule has 0 atom stereocenters. The fourth-order valence-electron chi connectivity index (χ4n) is 3.32. The molecule has 0 unspecified atom stereocenters. The van der Waals surface area contributed by atoms with E-state index in [4.69, 9.17) is 5.73 Å². The lowest BCUT2D eigenvalue weighted by molar-refractivity contribution is -0.142. The normalized spacial score (nSPS) is 12.2. The van der Waals surface area contributed by atoms with E-state index in [1.54, 1.807) is 0 Å². The highest BCUT2D eigenvalue weighted by molar-refractivity contribution is 7.21. The Labute approximate surface area is 200 Å². The number of hydrogen-bond donors (Lipinski definition) is 2. The van der Waals surface area contributed by atoms with Gasteiger partial charge in [-0.15, -0.1) is 11.3 Å². The van der Waals surface area contributed by atoms with Crippen molar-refractivity contribution < 1.29 is 40.3 Å². The van der Waals surface area contributed by atoms with E-state index in [-0.39, 0.29) is 31.9 Å². The van der Waals surface area contributed by atoms with E-state index >= 15 is 0 Å². The fraction of sp³-hybridized carbons (Fsp3) is 0.143. The monoisotopic (exact) mass is 531 g/mol. The highest BCUT2D eigenvalue weighted by Crippen LogP contribution is 2.43. The van der Waals surface area contributed by atoms with E-state index in [1.807, 2.05) is 0 Å². The van der Waals surface area contributed by atoms with Crippen molar-refractivity contribution in [2.75, 3.05) is 5.32 Å². The van der Waals surface area contributed by atoms with Crippen molar-refractivity contribution in [1.82, 2.24) is 14.8 Å². The zero-order valence-electron chi connectivity index (χ0n) is 17.5. The van der Waals surface area contributed by atoms with Crippen molar-refractivity contribution in [3.8, 4) is 11.1 Å². The van der Waals surface area contributed by atoms with E-state index in [0.29, 0.717) is 28.2 Å². The molecule has 3 heterocycles. The molecular weight excluding hydrogens is 519 g/mol. The molecule has 15 heteroatoms. The third-order valence-corrected chi connectivity index (χ3v) is 5.93. The van der Waals surface area contributed by atoms with Crippen LogP contribution >= 0.6 is 11.3 Å². The summed E-state index contributed by atoms with van der Waals surface area (Å²) in [7, 11) is 0. The molecule has 0 fully saturated rings. The number of primary amides is 1. The Morgan fingerprint density at radius 1 is 1.00 bits per heavy atom. The highest BCUT2D eigenvalue weighted by Gasteiger charge is 2.36. The van der Waals surface area contributed by atoms with E-state index in [0.717, 1.165) is 18.3 Å². The minimum Gasteiger partial charge on any atom is -0.365 e. The maximum absolute atomic E-state index is 13.5. The highest BCUT2D eigenvalue weighted by atomic mass is 32.1. The quantitative estimate of drug-likeness (QED) is 0.351. The van der Waals surface area contributed by atoms with Gasteiger partial charge in [-0.1, -0.05) is 12.1 Å². The van der Waals surface area contributed by atoms with Crippen molar-refractivity contribution in [3.05, 3.63) is 64.7 Å². The predicted octanol–water partition coefficient (Wildman–Crippen LogP) is 5.07. The number of rotatable bonds is 5. The van der Waals surface area contributed by atoms with Gasteiger partial charge >= 0.3 is 12.4 Å². The molecule has 1 aromatic carbocycles. The number of thiophene rings is 1. The summed E-state index contributed by atoms with van der Waals surface area (Å²) < 4.78 is 93.0. The van der Waals surface area contributed by atoms with Gasteiger partial charge in [0.05, 0.1) is 5.69 Å². The minimum absolute atomic E-state index is 0.0850. The number of benzene rings is 1. The van der Waals surface area contributed by atoms with Crippen LogP contribution in [0.2, 0.25) is 0 Å². The van der Waals surface area contributed by atoms with Crippen LogP contribution in [0.1, 0.15) is 21.1 Å². The molecule has 0 aliphatic heterocycles. The SMILES string of the molecule is NC(=O)c1sc2nc(C(F)(F)F)cc(-c3ccc(F)cc3)c2c1NC(=O)Cn1ccc(C(F)(F)F)n1. The maximum Gasteiger partial charge on any atom is 0.435 e. The summed E-state index contributed by atoms with van der Waals surface area (Å²) in [5.41, 5.74) is 2.52. The second-order valence-corrected chi connectivity index (χ2v) is 8.35. The summed E-state index contributed by atoms with van der Waals surface area (Å²) in [6.45, 7) is -0.717. The van der Waals surface area contributed by atoms with Crippen molar-refractivity contribution >= 4 is 39.1 Å². The van der Waals surface area contributed by atoms with Gasteiger partial charge in [-0.05, 0) is 35.4 Å². The van der Waals surface area contributed by atoms with Gasteiger partial charge in [-0.3, -0.25) is 14.3 Å². The van der Waals surface area contributed by atoms with Crippen LogP contribution in [0.5, 0.6) is 0 Å². The van der Waals surface area contributed by atoms with Crippen LogP contribution in [0.4, 0.5) is 36.4 Å². The first-order valence-electron chi connectivity index (χ1n) is 9.75. The molecular formula is C21H12F7N5O2S. The summed E-state index contributed by atoms with van der Waals surface area (Å²) in [6, 6.07) is 5.72. The first-order chi connectivity index (χ1) is 16.7. The summed E-state index contributed by atoms with van der Waals surface area (Å²) >= 11 is 0.484. The average molecular weight is 531 g/mol. The molecule has 0 saturated heterocycles. The number of aromatic nitrogens is 3. The number of fused-ring (bicyclic) bond motifs is 1. The molecule has 4 aromatic rings. The number of nitrogens with two attached hydrogens (primary N) is 1. The number of amides is 2. The number of carbonyl (C=O) groups is 2. The third-order valence-electron chi connectivity index (χ3n) is 4.83. The lowest BCUT2D eigenvalue weighted by Gasteiger charge is -2.12. The van der Waals surface area contributed by atoms with Gasteiger partial charge in [0.25, 0.3) is 5.91 Å². The van der Waals surface area contributed by atoms with Gasteiger partial charge in [0.2, 0.25) is 5.91 Å². The van der Waals surface area contributed by atoms with E-state index in [2.05, 4.69) is 15.4 Å². The van der Waals surface area contributed by atoms with Crippen LogP contribution in [0.25, 0.3) is 21.3 Å². The Hall–Kier alpha value is -4.01. The summed E-state index contributed by atoms with van der Waals surface area (Å²) in [4.78, 5) is 27.6. The Morgan fingerprint density at radius 2 is 1.64 bits per heavy atom. The molecule has 7 nitrogen and oxygen atoms in total. The van der Waals surface area contributed by atoms with Gasteiger partial charge in [0.15, 0.2) is 5.69 Å². The molecule has 188 valence electrons. The van der Waals surface area contributed by atoms with Crippen LogP contribution in [0, 0.1) is 5.82 Å². The minimum atomic E-state index is -4.88. The Bertz CT molecular complexity index is 1470. The number of anilines is 1. The van der Waals surface area contributed by atoms with Gasteiger partial charge in [0.1, 0.15) is 27.8 Å². The standard InChI is InChI=1S/C21H12F7N5O2S/c22-10-3-1-9(2-4-10)11-7-13(21(26,27)28)30-19-15(11)16(17(36-19)18(29)35)31-14(34)8-33-6-5-12(32-33)20(23,24)25/h1-7H,8H2,(H2,29,35)(H,31,34). The van der Waals surface area contributed by atoms with Crippen molar-refractivity contribution in [1.29, 1.82) is 0 Å². The average Bonchev–Trinajstić information content (AvgIpc) is 3.38. The second kappa shape index (κ2) is 8.89. The van der Waals surface area contributed by atoms with Crippen LogP contribution in [0.3, 0.4) is 0 Å². The largest absolute Gasteiger partial charge is 0.435 e. The predicted molar refractivity (Wildman–Crippen MR) is 114 cm³/mol. The van der Waals surface area contributed by atoms with Crippen LogP contribution in [-0.4, -0.2) is 26.6 Å². The fourth-order valence-corrected chi connectivity index (χ4v) is 4.33. The van der Waals surface area contributed by atoms with Crippen molar-refractivity contribution in [2.45, 2.75) is 18.9 Å². The molecule has 3 N–H and O–H groups in total. The molecule has 0 aliphatic rings. The molecule has 0 saturated carbocycles. The van der Waals surface area contributed by atoms with Crippen molar-refractivity contribution in [2.24, 2.45) is 5.73 Å². The smallest absolute Gasteiger partial charge is 0.365 e. The van der Waals surface area contributed by atoms with Crippen LogP contribution < -0.4 is 11.1 Å². The molecule has 3 aromatic heterocycles. The molecule has 0 aliphatic carbocycles. The number of hydrogen-bond acceptors (Lipinski definition) is 5. The van der Waals surface area contributed by atoms with Gasteiger partial charge in [-0.25, -0.2) is 9.37 Å². The second-order valence-electron chi connectivity index (χ2n) is 7.35. The number of carbonyl (C=O) groups excluding carboxylic acids is 2. The topological polar surface area (TPSA) is 103 Å². The van der Waals surface area contributed by atoms with Gasteiger partial charge in [0, 0.05) is 11.6 Å². The van der Waals surface area contributed by atoms with E-state index in [9.17, 15) is 40.3 Å². The molecule has 0 bridgehead atoms. The molecule has 36 heavy (non-hydrogen) atoms. The molecule has 2 amide bonds. The first-order valence-corrected chi connectivity index (χ1v) is 10.6. The van der Waals surface area contributed by atoms with E-state index < -0.39 is 47.9 Å². The lowest BCUT2D eigenvalue weighted by atomic mass is 10.0. The maximum atomic E-state index is 13.5. The number of pyridine rings is 1. The van der Waals surface area contributed by atoms with Gasteiger partial charge in [-0.2, -0.15) is 31.4 Å². The molecule has 4 rings (SSSR count). The molecule has 0 spiro atoms. The Kier molecular flexibility index (Phi) is 6.20. The zero-order chi connectivity index (χ0) is 26.4. The lowest BCUT2D eigenvalue weighted by Crippen LogP contribution is -2.21. The number of nitrogens with one attached hydrogen (secondary N) is 1. The van der Waals surface area contributed by atoms with Gasteiger partial charge < -0.3 is 11.1 Å². The third kappa shape index (κ3) is 5.00. The van der Waals surface area contributed by atoms with Crippen molar-refractivity contribution in [3.63, 3.8) is 0 Å². The summed E-state index contributed by atoms with van der Waals surface area (Å²) in [6.07, 6.45) is -8.71.